The lowest BCUT2D eigenvalue weighted by Crippen LogP contribution is -2.04. The quantitative estimate of drug-likeness (QED) is 0.169. The van der Waals surface area contributed by atoms with E-state index in [4.69, 9.17) is 4.74 Å². The van der Waals surface area contributed by atoms with Crippen molar-refractivity contribution in [2.45, 2.75) is 0 Å². The van der Waals surface area contributed by atoms with Gasteiger partial charge in [0.25, 0.3) is 0 Å². The summed E-state index contributed by atoms with van der Waals surface area (Å²) in [4.78, 5) is 29.8. The van der Waals surface area contributed by atoms with E-state index in [-0.39, 0.29) is 5.69 Å². The maximum atomic E-state index is 12.3. The zero-order chi connectivity index (χ0) is 21.9. The molecule has 0 fully saturated rings. The molecule has 0 saturated heterocycles. The molecule has 2 aromatic heterocycles. The monoisotopic (exact) mass is 421 g/mol. The summed E-state index contributed by atoms with van der Waals surface area (Å²) in [5.74, 6) is 0.742. The number of carbonyl (C=O) groups excluding carboxylic acids is 2. The molecule has 3 aromatic carbocycles. The smallest absolute Gasteiger partial charge is 0.243 e. The number of Topliss-reactive ketones (excluding diaryl/α,β-unsaturated/α-hetero) is 1. The Hall–Kier alpha value is -4.58. The number of carbonyl (C=O) groups is 2. The van der Waals surface area contributed by atoms with Gasteiger partial charge in [0, 0.05) is 46.2 Å². The van der Waals surface area contributed by atoms with Crippen molar-refractivity contribution in [3.8, 4) is 22.6 Å². The lowest BCUT2D eigenvalue weighted by atomic mass is 10.0. The Kier molecular flexibility index (Phi) is 5.01. The molecule has 156 valence electrons. The highest BCUT2D eigenvalue weighted by molar-refractivity contribution is 6.35. The summed E-state index contributed by atoms with van der Waals surface area (Å²) in [6.07, 6.45) is 3.94. The molecule has 6 nitrogen and oxygen atoms in total. The first-order valence-corrected chi connectivity index (χ1v) is 10.1. The number of para-hydroxylation sites is 2. The van der Waals surface area contributed by atoms with Crippen LogP contribution in [-0.4, -0.2) is 22.0 Å². The molecule has 0 aliphatic heterocycles. The van der Waals surface area contributed by atoms with Crippen LogP contribution in [-0.2, 0) is 4.79 Å². The molecule has 2 heterocycles. The normalized spacial score (nSPS) is 10.8. The van der Waals surface area contributed by atoms with Crippen molar-refractivity contribution in [1.29, 1.82) is 0 Å². The van der Waals surface area contributed by atoms with Crippen LogP contribution in [0.25, 0.3) is 22.0 Å². The molecule has 6 heteroatoms. The second-order valence-electron chi connectivity index (χ2n) is 7.25. The second-order valence-corrected chi connectivity index (χ2v) is 7.25. The van der Waals surface area contributed by atoms with Gasteiger partial charge in [-0.2, -0.15) is 0 Å². The van der Waals surface area contributed by atoms with E-state index in [0.717, 1.165) is 33.5 Å². The first-order chi connectivity index (χ1) is 15.7. The summed E-state index contributed by atoms with van der Waals surface area (Å²) >= 11 is 0. The van der Waals surface area contributed by atoms with Gasteiger partial charge in [0.1, 0.15) is 17.2 Å². The molecule has 0 bridgehead atoms. The van der Waals surface area contributed by atoms with Crippen LogP contribution in [0.3, 0.4) is 0 Å². The number of hydrogen-bond acceptors (Lipinski definition) is 4. The van der Waals surface area contributed by atoms with Gasteiger partial charge in [0.2, 0.25) is 5.78 Å². The number of fused-ring (bicyclic) bond motifs is 1. The maximum absolute atomic E-state index is 12.3. The predicted octanol–water partition coefficient (Wildman–Crippen LogP) is 6.08. The minimum Gasteiger partial charge on any atom is -0.457 e. The van der Waals surface area contributed by atoms with Crippen LogP contribution in [0, 0.1) is 0 Å². The van der Waals surface area contributed by atoms with E-state index < -0.39 is 5.78 Å². The van der Waals surface area contributed by atoms with E-state index in [1.807, 2.05) is 85.1 Å². The first-order valence-electron chi connectivity index (χ1n) is 10.1. The van der Waals surface area contributed by atoms with E-state index in [0.29, 0.717) is 17.7 Å². The topological polar surface area (TPSA) is 87.0 Å². The van der Waals surface area contributed by atoms with E-state index >= 15 is 0 Å². The highest BCUT2D eigenvalue weighted by Crippen LogP contribution is 2.38. The summed E-state index contributed by atoms with van der Waals surface area (Å²) in [5, 5.41) is 4.33. The lowest BCUT2D eigenvalue weighted by molar-refractivity contribution is -0.104. The van der Waals surface area contributed by atoms with Crippen molar-refractivity contribution in [2.24, 2.45) is 0 Å². The van der Waals surface area contributed by atoms with Crippen molar-refractivity contribution >= 4 is 34.3 Å². The van der Waals surface area contributed by atoms with Crippen LogP contribution in [0.15, 0.2) is 91.3 Å². The number of ether oxygens (including phenoxy) is 1. The standard InChI is InChI=1S/C26H19N3O3/c30-16-24(31)26-25(22(15-28-26)21-14-27-23-12-5-4-11-20(21)23)29-17-7-6-10-19(13-17)32-18-8-2-1-3-9-18/h1-16,27-29H. The van der Waals surface area contributed by atoms with Gasteiger partial charge in [0.05, 0.1) is 5.69 Å². The molecule has 0 aliphatic carbocycles. The third-order valence-corrected chi connectivity index (χ3v) is 5.20. The average molecular weight is 421 g/mol. The van der Waals surface area contributed by atoms with Crippen LogP contribution in [0.2, 0.25) is 0 Å². The van der Waals surface area contributed by atoms with Gasteiger partial charge < -0.3 is 20.0 Å². The molecule has 5 rings (SSSR count). The molecule has 0 amide bonds. The van der Waals surface area contributed by atoms with Gasteiger partial charge in [-0.1, -0.05) is 42.5 Å². The summed E-state index contributed by atoms with van der Waals surface area (Å²) in [7, 11) is 0. The number of aromatic amines is 2. The zero-order valence-electron chi connectivity index (χ0n) is 17.0. The summed E-state index contributed by atoms with van der Waals surface area (Å²) in [6, 6.07) is 24.8. The van der Waals surface area contributed by atoms with Crippen LogP contribution in [0.4, 0.5) is 11.4 Å². The third kappa shape index (κ3) is 3.65. The molecular formula is C26H19N3O3. The molecule has 0 aliphatic rings. The van der Waals surface area contributed by atoms with Gasteiger partial charge in [0.15, 0.2) is 6.29 Å². The van der Waals surface area contributed by atoms with Gasteiger partial charge in [-0.25, -0.2) is 0 Å². The minimum absolute atomic E-state index is 0.203. The number of H-pyrrole nitrogens is 2. The van der Waals surface area contributed by atoms with Crippen molar-refractivity contribution in [1.82, 2.24) is 9.97 Å². The Morgan fingerprint density at radius 1 is 0.812 bits per heavy atom. The predicted molar refractivity (Wildman–Crippen MR) is 125 cm³/mol. The number of ketones is 1. The molecule has 32 heavy (non-hydrogen) atoms. The van der Waals surface area contributed by atoms with Gasteiger partial charge in [-0.05, 0) is 30.3 Å². The number of hydrogen-bond donors (Lipinski definition) is 3. The number of aldehydes is 1. The molecule has 0 radical (unpaired) electrons. The fourth-order valence-corrected chi connectivity index (χ4v) is 3.72. The molecule has 0 saturated carbocycles. The number of benzene rings is 3. The van der Waals surface area contributed by atoms with Crippen molar-refractivity contribution in [3.63, 3.8) is 0 Å². The van der Waals surface area contributed by atoms with Crippen molar-refractivity contribution in [2.75, 3.05) is 5.32 Å². The largest absolute Gasteiger partial charge is 0.457 e. The fourth-order valence-electron chi connectivity index (χ4n) is 3.72. The molecule has 0 spiro atoms. The van der Waals surface area contributed by atoms with E-state index in [1.165, 1.54) is 0 Å². The average Bonchev–Trinajstić information content (AvgIpc) is 3.43. The Balaban J connectivity index is 1.54. The van der Waals surface area contributed by atoms with Gasteiger partial charge in [-0.15, -0.1) is 0 Å². The summed E-state index contributed by atoms with van der Waals surface area (Å²) < 4.78 is 5.92. The Morgan fingerprint density at radius 2 is 1.56 bits per heavy atom. The van der Waals surface area contributed by atoms with Gasteiger partial charge in [-0.3, -0.25) is 9.59 Å². The maximum Gasteiger partial charge on any atom is 0.243 e. The summed E-state index contributed by atoms with van der Waals surface area (Å²) in [6.45, 7) is 0. The molecule has 3 N–H and O–H groups in total. The number of aromatic nitrogens is 2. The van der Waals surface area contributed by atoms with Crippen LogP contribution >= 0.6 is 0 Å². The van der Waals surface area contributed by atoms with E-state index in [1.54, 1.807) is 6.20 Å². The molecule has 0 unspecified atom stereocenters. The molecule has 0 atom stereocenters. The molecular weight excluding hydrogens is 402 g/mol. The Labute approximate surface area is 183 Å². The number of anilines is 2. The SMILES string of the molecule is O=CC(=O)c1[nH]cc(-c2c[nH]c3ccccc23)c1Nc1cccc(Oc2ccccc2)c1. The van der Waals surface area contributed by atoms with Gasteiger partial charge >= 0.3 is 0 Å². The lowest BCUT2D eigenvalue weighted by Gasteiger charge is -2.12. The Morgan fingerprint density at radius 3 is 2.41 bits per heavy atom. The van der Waals surface area contributed by atoms with Crippen LogP contribution < -0.4 is 10.1 Å². The van der Waals surface area contributed by atoms with Crippen molar-refractivity contribution < 1.29 is 14.3 Å². The number of nitrogens with one attached hydrogen (secondary N) is 3. The second kappa shape index (κ2) is 8.28. The highest BCUT2D eigenvalue weighted by Gasteiger charge is 2.20. The number of rotatable bonds is 7. The molecule has 5 aromatic rings. The first kappa shape index (κ1) is 19.4. The van der Waals surface area contributed by atoms with Crippen LogP contribution in [0.5, 0.6) is 11.5 Å². The van der Waals surface area contributed by atoms with E-state index in [2.05, 4.69) is 15.3 Å². The van der Waals surface area contributed by atoms with Crippen LogP contribution in [0.1, 0.15) is 10.5 Å². The summed E-state index contributed by atoms with van der Waals surface area (Å²) in [5.41, 5.74) is 4.14. The zero-order valence-corrected chi connectivity index (χ0v) is 17.0. The van der Waals surface area contributed by atoms with E-state index in [9.17, 15) is 9.59 Å². The minimum atomic E-state index is -0.629. The highest BCUT2D eigenvalue weighted by atomic mass is 16.5. The third-order valence-electron chi connectivity index (χ3n) is 5.20. The van der Waals surface area contributed by atoms with Crippen molar-refractivity contribution in [3.05, 3.63) is 97.0 Å². The fraction of sp³-hybridized carbons (Fsp3) is 0. The Bertz CT molecular complexity index is 1420.